The van der Waals surface area contributed by atoms with E-state index in [4.69, 9.17) is 0 Å². The number of anilines is 2. The van der Waals surface area contributed by atoms with E-state index < -0.39 is 0 Å². The molecule has 6 heteroatoms. The lowest BCUT2D eigenvalue weighted by Gasteiger charge is -2.35. The summed E-state index contributed by atoms with van der Waals surface area (Å²) < 4.78 is 12.9. The molecule has 0 aliphatic carbocycles. The van der Waals surface area contributed by atoms with Crippen LogP contribution in [0.2, 0.25) is 0 Å². The highest BCUT2D eigenvalue weighted by Crippen LogP contribution is 2.14. The van der Waals surface area contributed by atoms with Gasteiger partial charge in [0.25, 0.3) is 0 Å². The van der Waals surface area contributed by atoms with Gasteiger partial charge >= 0.3 is 0 Å². The van der Waals surface area contributed by atoms with E-state index >= 15 is 0 Å². The Balaban J connectivity index is 1.48. The summed E-state index contributed by atoms with van der Waals surface area (Å²) in [7, 11) is 0. The highest BCUT2D eigenvalue weighted by Gasteiger charge is 2.19. The second kappa shape index (κ2) is 7.40. The number of carbonyl (C=O) groups is 1. The molecule has 0 bridgehead atoms. The number of aryl methyl sites for hydroxylation is 1. The summed E-state index contributed by atoms with van der Waals surface area (Å²) in [5.41, 5.74) is 1.62. The van der Waals surface area contributed by atoms with Crippen molar-refractivity contribution in [2.75, 3.05) is 42.9 Å². The highest BCUT2D eigenvalue weighted by molar-refractivity contribution is 5.92. The summed E-state index contributed by atoms with van der Waals surface area (Å²) in [5, 5.41) is 2.79. The summed E-state index contributed by atoms with van der Waals surface area (Å²) in [4.78, 5) is 21.0. The highest BCUT2D eigenvalue weighted by atomic mass is 19.1. The second-order valence-corrected chi connectivity index (χ2v) is 5.96. The Labute approximate surface area is 141 Å². The lowest BCUT2D eigenvalue weighted by atomic mass is 10.2. The predicted octanol–water partition coefficient (Wildman–Crippen LogP) is 2.29. The number of hydrogen-bond donors (Lipinski definition) is 1. The fourth-order valence-corrected chi connectivity index (χ4v) is 2.78. The van der Waals surface area contributed by atoms with Gasteiger partial charge in [-0.2, -0.15) is 0 Å². The maximum Gasteiger partial charge on any atom is 0.238 e. The minimum atomic E-state index is -0.311. The number of benzene rings is 1. The number of amides is 1. The molecule has 1 amide bonds. The molecule has 2 heterocycles. The molecule has 1 aromatic carbocycles. The molecule has 5 nitrogen and oxygen atoms in total. The summed E-state index contributed by atoms with van der Waals surface area (Å²) in [6.45, 7) is 5.64. The van der Waals surface area contributed by atoms with Crippen molar-refractivity contribution in [1.82, 2.24) is 9.88 Å². The van der Waals surface area contributed by atoms with Crippen LogP contribution in [0.25, 0.3) is 0 Å². The monoisotopic (exact) mass is 328 g/mol. The van der Waals surface area contributed by atoms with Crippen molar-refractivity contribution in [3.05, 3.63) is 54.0 Å². The topological polar surface area (TPSA) is 48.5 Å². The van der Waals surface area contributed by atoms with Crippen LogP contribution in [0.4, 0.5) is 15.9 Å². The van der Waals surface area contributed by atoms with Crippen LogP contribution in [0, 0.1) is 12.7 Å². The number of carbonyl (C=O) groups excluding carboxylic acids is 1. The zero-order valence-electron chi connectivity index (χ0n) is 13.7. The molecule has 126 valence electrons. The third kappa shape index (κ3) is 4.29. The molecule has 0 unspecified atom stereocenters. The van der Waals surface area contributed by atoms with Crippen molar-refractivity contribution in [2.24, 2.45) is 0 Å². The summed E-state index contributed by atoms with van der Waals surface area (Å²) in [6.07, 6.45) is 0. The molecule has 1 saturated heterocycles. The zero-order valence-corrected chi connectivity index (χ0v) is 13.7. The Bertz CT molecular complexity index is 696. The molecular weight excluding hydrogens is 307 g/mol. The van der Waals surface area contributed by atoms with E-state index in [1.165, 1.54) is 12.1 Å². The van der Waals surface area contributed by atoms with E-state index in [1.807, 2.05) is 25.1 Å². The molecule has 3 rings (SSSR count). The first-order valence-electron chi connectivity index (χ1n) is 8.06. The first-order chi connectivity index (χ1) is 11.6. The van der Waals surface area contributed by atoms with Crippen LogP contribution < -0.4 is 10.2 Å². The number of piperazine rings is 1. The van der Waals surface area contributed by atoms with Crippen molar-refractivity contribution in [2.45, 2.75) is 6.92 Å². The van der Waals surface area contributed by atoms with Crippen LogP contribution >= 0.6 is 0 Å². The van der Waals surface area contributed by atoms with Gasteiger partial charge in [0.05, 0.1) is 6.54 Å². The average Bonchev–Trinajstić information content (AvgIpc) is 2.58. The largest absolute Gasteiger partial charge is 0.354 e. The van der Waals surface area contributed by atoms with Gasteiger partial charge < -0.3 is 10.2 Å². The Morgan fingerprint density at radius 2 is 1.83 bits per heavy atom. The molecule has 2 aromatic rings. The lowest BCUT2D eigenvalue weighted by molar-refractivity contribution is -0.117. The molecule has 1 aliphatic heterocycles. The fourth-order valence-electron chi connectivity index (χ4n) is 2.78. The number of nitrogens with zero attached hydrogens (tertiary/aromatic N) is 3. The molecule has 0 atom stereocenters. The maximum atomic E-state index is 12.9. The van der Waals surface area contributed by atoms with E-state index in [2.05, 4.69) is 20.1 Å². The van der Waals surface area contributed by atoms with E-state index in [0.717, 1.165) is 37.7 Å². The lowest BCUT2D eigenvalue weighted by Crippen LogP contribution is -2.49. The van der Waals surface area contributed by atoms with Gasteiger partial charge in [-0.05, 0) is 43.3 Å². The van der Waals surface area contributed by atoms with Crippen molar-refractivity contribution >= 4 is 17.4 Å². The number of nitrogens with one attached hydrogen (secondary N) is 1. The van der Waals surface area contributed by atoms with Gasteiger partial charge in [-0.25, -0.2) is 9.37 Å². The van der Waals surface area contributed by atoms with Gasteiger partial charge in [0, 0.05) is 37.6 Å². The smallest absolute Gasteiger partial charge is 0.238 e. The van der Waals surface area contributed by atoms with Crippen molar-refractivity contribution in [1.29, 1.82) is 0 Å². The van der Waals surface area contributed by atoms with Gasteiger partial charge in [-0.3, -0.25) is 9.69 Å². The first-order valence-corrected chi connectivity index (χ1v) is 8.06. The Hall–Kier alpha value is -2.47. The summed E-state index contributed by atoms with van der Waals surface area (Å²) in [5.74, 6) is 0.600. The minimum Gasteiger partial charge on any atom is -0.354 e. The van der Waals surface area contributed by atoms with Gasteiger partial charge in [0.1, 0.15) is 11.6 Å². The maximum absolute atomic E-state index is 12.9. The number of aromatic nitrogens is 1. The number of rotatable bonds is 4. The molecule has 0 radical (unpaired) electrons. The quantitative estimate of drug-likeness (QED) is 0.935. The third-order valence-electron chi connectivity index (χ3n) is 4.07. The van der Waals surface area contributed by atoms with E-state index in [9.17, 15) is 9.18 Å². The Morgan fingerprint density at radius 3 is 2.50 bits per heavy atom. The second-order valence-electron chi connectivity index (χ2n) is 5.96. The normalized spacial score (nSPS) is 15.3. The fraction of sp³-hybridized carbons (Fsp3) is 0.333. The molecule has 24 heavy (non-hydrogen) atoms. The van der Waals surface area contributed by atoms with Crippen molar-refractivity contribution < 1.29 is 9.18 Å². The SMILES string of the molecule is Cc1cccc(N2CCN(CC(=O)Nc3ccc(F)cc3)CC2)n1. The molecule has 1 N–H and O–H groups in total. The number of hydrogen-bond acceptors (Lipinski definition) is 4. The van der Waals surface area contributed by atoms with Crippen LogP contribution in [-0.4, -0.2) is 48.5 Å². The molecule has 1 aromatic heterocycles. The zero-order chi connectivity index (χ0) is 16.9. The summed E-state index contributed by atoms with van der Waals surface area (Å²) in [6, 6.07) is 11.8. The van der Waals surface area contributed by atoms with Crippen LogP contribution in [0.5, 0.6) is 0 Å². The number of pyridine rings is 1. The van der Waals surface area contributed by atoms with Gasteiger partial charge in [-0.1, -0.05) is 6.07 Å². The Kier molecular flexibility index (Phi) is 5.05. The van der Waals surface area contributed by atoms with Crippen LogP contribution in [0.3, 0.4) is 0 Å². The molecule has 1 fully saturated rings. The number of halogens is 1. The van der Waals surface area contributed by atoms with Crippen molar-refractivity contribution in [3.63, 3.8) is 0 Å². The van der Waals surface area contributed by atoms with E-state index in [-0.39, 0.29) is 11.7 Å². The third-order valence-corrected chi connectivity index (χ3v) is 4.07. The molecular formula is C18H21FN4O. The Morgan fingerprint density at radius 1 is 1.12 bits per heavy atom. The molecule has 0 saturated carbocycles. The van der Waals surface area contributed by atoms with Gasteiger partial charge in [0.15, 0.2) is 0 Å². The minimum absolute atomic E-state index is 0.0799. The predicted molar refractivity (Wildman–Crippen MR) is 92.7 cm³/mol. The van der Waals surface area contributed by atoms with Crippen LogP contribution in [0.1, 0.15) is 5.69 Å². The van der Waals surface area contributed by atoms with E-state index in [1.54, 1.807) is 12.1 Å². The average molecular weight is 328 g/mol. The molecule has 1 aliphatic rings. The standard InChI is InChI=1S/C18H21FN4O/c1-14-3-2-4-17(20-14)23-11-9-22(10-12-23)13-18(24)21-16-7-5-15(19)6-8-16/h2-8H,9-13H2,1H3,(H,21,24). The van der Waals surface area contributed by atoms with Crippen LogP contribution in [-0.2, 0) is 4.79 Å². The van der Waals surface area contributed by atoms with Crippen LogP contribution in [0.15, 0.2) is 42.5 Å². The first kappa shape index (κ1) is 16.4. The molecule has 0 spiro atoms. The van der Waals surface area contributed by atoms with Crippen molar-refractivity contribution in [3.8, 4) is 0 Å². The summed E-state index contributed by atoms with van der Waals surface area (Å²) >= 11 is 0. The van der Waals surface area contributed by atoms with E-state index in [0.29, 0.717) is 12.2 Å². The van der Waals surface area contributed by atoms with Gasteiger partial charge in [-0.15, -0.1) is 0 Å². The van der Waals surface area contributed by atoms with Gasteiger partial charge in [0.2, 0.25) is 5.91 Å².